The van der Waals surface area contributed by atoms with Crippen LogP contribution in [0.3, 0.4) is 0 Å². The number of guanidine groups is 1. The summed E-state index contributed by atoms with van der Waals surface area (Å²) >= 11 is 6.29. The van der Waals surface area contributed by atoms with Crippen molar-refractivity contribution in [2.75, 3.05) is 7.05 Å². The monoisotopic (exact) mass is 381 g/mol. The Morgan fingerprint density at radius 3 is 2.63 bits per heavy atom. The third-order valence-corrected chi connectivity index (χ3v) is 4.70. The van der Waals surface area contributed by atoms with E-state index in [1.807, 2.05) is 54.9 Å². The fourth-order valence-corrected chi connectivity index (χ4v) is 3.20. The smallest absolute Gasteiger partial charge is 0.191 e. The molecule has 3 aromatic rings. The largest absolute Gasteiger partial charge is 0.350 e. The van der Waals surface area contributed by atoms with Crippen molar-refractivity contribution in [1.82, 2.24) is 20.2 Å². The number of hydrogen-bond donors (Lipinski definition) is 2. The lowest BCUT2D eigenvalue weighted by Gasteiger charge is -2.19. The zero-order valence-corrected chi connectivity index (χ0v) is 16.3. The van der Waals surface area contributed by atoms with Gasteiger partial charge in [-0.1, -0.05) is 60.1 Å². The van der Waals surface area contributed by atoms with E-state index in [0.29, 0.717) is 12.5 Å². The van der Waals surface area contributed by atoms with Crippen LogP contribution in [-0.4, -0.2) is 22.6 Å². The van der Waals surface area contributed by atoms with Crippen LogP contribution in [0.5, 0.6) is 0 Å². The van der Waals surface area contributed by atoms with Crippen molar-refractivity contribution in [2.24, 2.45) is 4.99 Å². The minimum absolute atomic E-state index is 0.0361. The standard InChI is InChI=1S/C21H24ClN5/c1-16(18-10-6-7-11-19(18)22)26-21(23-2)25-14-20-24-12-13-27(20)15-17-8-4-3-5-9-17/h3-13,16H,14-15H2,1-2H3,(H2,23,25,26). The van der Waals surface area contributed by atoms with Crippen LogP contribution in [0.4, 0.5) is 0 Å². The molecule has 0 spiro atoms. The highest BCUT2D eigenvalue weighted by molar-refractivity contribution is 6.31. The fraction of sp³-hybridized carbons (Fsp3) is 0.238. The number of nitrogens with one attached hydrogen (secondary N) is 2. The molecule has 0 aliphatic heterocycles. The Morgan fingerprint density at radius 1 is 1.15 bits per heavy atom. The third-order valence-electron chi connectivity index (χ3n) is 4.36. The number of halogens is 1. The second-order valence-corrected chi connectivity index (χ2v) is 6.68. The Hall–Kier alpha value is -2.79. The van der Waals surface area contributed by atoms with Crippen LogP contribution in [0.25, 0.3) is 0 Å². The summed E-state index contributed by atoms with van der Waals surface area (Å²) < 4.78 is 2.13. The van der Waals surface area contributed by atoms with Crippen molar-refractivity contribution in [3.63, 3.8) is 0 Å². The molecule has 2 N–H and O–H groups in total. The van der Waals surface area contributed by atoms with Crippen LogP contribution in [0.2, 0.25) is 5.02 Å². The number of aliphatic imine (C=N–C) groups is 1. The van der Waals surface area contributed by atoms with Gasteiger partial charge in [0.05, 0.1) is 12.6 Å². The lowest BCUT2D eigenvalue weighted by Crippen LogP contribution is -2.38. The summed E-state index contributed by atoms with van der Waals surface area (Å²) in [5.74, 6) is 1.66. The van der Waals surface area contributed by atoms with Gasteiger partial charge in [0.1, 0.15) is 5.82 Å². The number of aromatic nitrogens is 2. The molecule has 2 aromatic carbocycles. The van der Waals surface area contributed by atoms with E-state index < -0.39 is 0 Å². The molecule has 27 heavy (non-hydrogen) atoms. The normalized spacial score (nSPS) is 12.6. The molecule has 0 aliphatic rings. The van der Waals surface area contributed by atoms with Gasteiger partial charge in [-0.25, -0.2) is 4.98 Å². The molecule has 140 valence electrons. The molecular weight excluding hydrogens is 358 g/mol. The van der Waals surface area contributed by atoms with E-state index >= 15 is 0 Å². The number of imidazole rings is 1. The Labute approximate surface area is 165 Å². The van der Waals surface area contributed by atoms with Crippen LogP contribution in [0, 0.1) is 0 Å². The molecule has 5 nitrogen and oxygen atoms in total. The van der Waals surface area contributed by atoms with Crippen molar-refractivity contribution >= 4 is 17.6 Å². The van der Waals surface area contributed by atoms with Gasteiger partial charge in [0.25, 0.3) is 0 Å². The summed E-state index contributed by atoms with van der Waals surface area (Å²) in [5.41, 5.74) is 2.28. The fourth-order valence-electron chi connectivity index (χ4n) is 2.90. The van der Waals surface area contributed by atoms with Gasteiger partial charge in [-0.2, -0.15) is 0 Å². The molecule has 6 heteroatoms. The molecule has 0 amide bonds. The predicted molar refractivity (Wildman–Crippen MR) is 111 cm³/mol. The van der Waals surface area contributed by atoms with Crippen LogP contribution in [0.15, 0.2) is 72.0 Å². The average Bonchev–Trinajstić information content (AvgIpc) is 3.13. The topological polar surface area (TPSA) is 54.2 Å². The Kier molecular flexibility index (Phi) is 6.49. The molecule has 1 atom stereocenters. The molecular formula is C21H24ClN5. The second kappa shape index (κ2) is 9.24. The number of hydrogen-bond acceptors (Lipinski definition) is 2. The van der Waals surface area contributed by atoms with Gasteiger partial charge < -0.3 is 15.2 Å². The summed E-state index contributed by atoms with van der Waals surface area (Å²) in [4.78, 5) is 8.78. The number of nitrogens with zero attached hydrogens (tertiary/aromatic N) is 3. The highest BCUT2D eigenvalue weighted by atomic mass is 35.5. The third kappa shape index (κ3) is 5.11. The van der Waals surface area contributed by atoms with Gasteiger partial charge in [0.15, 0.2) is 5.96 Å². The van der Waals surface area contributed by atoms with Crippen LogP contribution < -0.4 is 10.6 Å². The first-order chi connectivity index (χ1) is 13.2. The highest BCUT2D eigenvalue weighted by Gasteiger charge is 2.11. The van der Waals surface area contributed by atoms with E-state index in [0.717, 1.165) is 23.0 Å². The minimum atomic E-state index is 0.0361. The molecule has 0 saturated carbocycles. The van der Waals surface area contributed by atoms with E-state index in [2.05, 4.69) is 44.2 Å². The quantitative estimate of drug-likeness (QED) is 0.501. The van der Waals surface area contributed by atoms with Gasteiger partial charge in [-0.05, 0) is 24.1 Å². The van der Waals surface area contributed by atoms with E-state index in [-0.39, 0.29) is 6.04 Å². The van der Waals surface area contributed by atoms with Gasteiger partial charge in [0, 0.05) is 31.0 Å². The predicted octanol–water partition coefficient (Wildman–Crippen LogP) is 4.01. The van der Waals surface area contributed by atoms with Gasteiger partial charge in [-0.3, -0.25) is 4.99 Å². The highest BCUT2D eigenvalue weighted by Crippen LogP contribution is 2.21. The Bertz CT molecular complexity index is 888. The van der Waals surface area contributed by atoms with Crippen molar-refractivity contribution in [1.29, 1.82) is 0 Å². The maximum Gasteiger partial charge on any atom is 0.191 e. The zero-order chi connectivity index (χ0) is 19.1. The van der Waals surface area contributed by atoms with Crippen LogP contribution in [0.1, 0.15) is 29.9 Å². The zero-order valence-electron chi connectivity index (χ0n) is 15.6. The molecule has 1 heterocycles. The Balaban J connectivity index is 1.61. The molecule has 0 fully saturated rings. The van der Waals surface area contributed by atoms with E-state index in [9.17, 15) is 0 Å². The molecule has 0 saturated heterocycles. The maximum atomic E-state index is 6.29. The van der Waals surface area contributed by atoms with Gasteiger partial charge in [-0.15, -0.1) is 0 Å². The van der Waals surface area contributed by atoms with Crippen LogP contribution >= 0.6 is 11.6 Å². The van der Waals surface area contributed by atoms with Crippen LogP contribution in [-0.2, 0) is 13.1 Å². The number of benzene rings is 2. The Morgan fingerprint density at radius 2 is 1.89 bits per heavy atom. The second-order valence-electron chi connectivity index (χ2n) is 6.27. The van der Waals surface area contributed by atoms with Gasteiger partial charge in [0.2, 0.25) is 0 Å². The molecule has 1 aromatic heterocycles. The molecule has 0 aliphatic carbocycles. The van der Waals surface area contributed by atoms with E-state index in [1.165, 1.54) is 5.56 Å². The molecule has 0 radical (unpaired) electrons. The van der Waals surface area contributed by atoms with Gasteiger partial charge >= 0.3 is 0 Å². The molecule has 1 unspecified atom stereocenters. The summed E-state index contributed by atoms with van der Waals surface area (Å²) in [6, 6.07) is 18.2. The van der Waals surface area contributed by atoms with E-state index in [1.54, 1.807) is 7.05 Å². The molecule has 3 rings (SSSR count). The first-order valence-electron chi connectivity index (χ1n) is 8.93. The SMILES string of the molecule is CN=C(NCc1nccn1Cc1ccccc1)NC(C)c1ccccc1Cl. The summed E-state index contributed by atoms with van der Waals surface area (Å²) in [6.45, 7) is 3.43. The summed E-state index contributed by atoms with van der Waals surface area (Å²) in [6.07, 6.45) is 3.81. The average molecular weight is 382 g/mol. The van der Waals surface area contributed by atoms with E-state index in [4.69, 9.17) is 11.6 Å². The summed E-state index contributed by atoms with van der Waals surface area (Å²) in [5, 5.41) is 7.45. The lowest BCUT2D eigenvalue weighted by atomic mass is 10.1. The van der Waals surface area contributed by atoms with Crippen molar-refractivity contribution in [3.05, 3.63) is 89.0 Å². The minimum Gasteiger partial charge on any atom is -0.350 e. The van der Waals surface area contributed by atoms with Crippen molar-refractivity contribution in [3.8, 4) is 0 Å². The lowest BCUT2D eigenvalue weighted by molar-refractivity contribution is 0.658. The maximum absolute atomic E-state index is 6.29. The number of rotatable bonds is 6. The first-order valence-corrected chi connectivity index (χ1v) is 9.30. The van der Waals surface area contributed by atoms with Crippen molar-refractivity contribution in [2.45, 2.75) is 26.1 Å². The molecule has 0 bridgehead atoms. The first kappa shape index (κ1) is 19.0. The summed E-state index contributed by atoms with van der Waals surface area (Å²) in [7, 11) is 1.76. The van der Waals surface area contributed by atoms with Crippen molar-refractivity contribution < 1.29 is 0 Å².